The first kappa shape index (κ1) is 15.1. The average Bonchev–Trinajstić information content (AvgIpc) is 2.51. The summed E-state index contributed by atoms with van der Waals surface area (Å²) in [4.78, 5) is 0. The molecule has 2 aromatic carbocycles. The molecule has 1 heteroatoms. The van der Waals surface area contributed by atoms with Crippen molar-refractivity contribution in [1.82, 2.24) is 0 Å². The van der Waals surface area contributed by atoms with E-state index >= 15 is 0 Å². The summed E-state index contributed by atoms with van der Waals surface area (Å²) in [5.74, 6) is 0.940. The van der Waals surface area contributed by atoms with E-state index in [2.05, 4.69) is 58.0 Å². The molecule has 0 heterocycles. The van der Waals surface area contributed by atoms with E-state index in [1.54, 1.807) is 7.11 Å². The second kappa shape index (κ2) is 5.15. The second-order valence-electron chi connectivity index (χ2n) is 7.73. The molecule has 22 heavy (non-hydrogen) atoms. The molecule has 0 aromatic heterocycles. The van der Waals surface area contributed by atoms with E-state index in [1.807, 2.05) is 12.1 Å². The standard InChI is InChI=1S/C21H26O/c1-20(2)12-13-21(3,4)18-14-15(10-11-17(18)20)16-8-6-7-9-19(16)22-5/h6-11,14H,12-13H2,1-5H3. The van der Waals surface area contributed by atoms with Gasteiger partial charge in [-0.1, -0.05) is 64.1 Å². The highest BCUT2D eigenvalue weighted by atomic mass is 16.5. The number of benzene rings is 2. The molecule has 2 aromatic rings. The second-order valence-corrected chi connectivity index (χ2v) is 7.73. The molecule has 0 atom stereocenters. The highest BCUT2D eigenvalue weighted by Crippen LogP contribution is 2.47. The van der Waals surface area contributed by atoms with Crippen molar-refractivity contribution in [2.24, 2.45) is 0 Å². The normalized spacial score (nSPS) is 18.6. The Morgan fingerprint density at radius 1 is 0.818 bits per heavy atom. The van der Waals surface area contributed by atoms with E-state index in [1.165, 1.54) is 35.1 Å². The van der Waals surface area contributed by atoms with Gasteiger partial charge in [0, 0.05) is 5.56 Å². The summed E-state index contributed by atoms with van der Waals surface area (Å²) < 4.78 is 5.54. The molecular weight excluding hydrogens is 268 g/mol. The summed E-state index contributed by atoms with van der Waals surface area (Å²) in [5.41, 5.74) is 5.93. The summed E-state index contributed by atoms with van der Waals surface area (Å²) in [5, 5.41) is 0. The number of methoxy groups -OCH3 is 1. The van der Waals surface area contributed by atoms with Crippen LogP contribution in [0.3, 0.4) is 0 Å². The first-order chi connectivity index (χ1) is 10.3. The lowest BCUT2D eigenvalue weighted by molar-refractivity contribution is 0.332. The van der Waals surface area contributed by atoms with E-state index in [9.17, 15) is 0 Å². The molecule has 0 spiro atoms. The fourth-order valence-corrected chi connectivity index (χ4v) is 3.64. The number of rotatable bonds is 2. The molecule has 1 aliphatic rings. The first-order valence-electron chi connectivity index (χ1n) is 8.13. The van der Waals surface area contributed by atoms with Crippen LogP contribution in [0, 0.1) is 0 Å². The van der Waals surface area contributed by atoms with Crippen LogP contribution in [-0.2, 0) is 10.8 Å². The van der Waals surface area contributed by atoms with Crippen LogP contribution in [0.2, 0.25) is 0 Å². The molecule has 0 fully saturated rings. The van der Waals surface area contributed by atoms with Crippen molar-refractivity contribution in [3.63, 3.8) is 0 Å². The Morgan fingerprint density at radius 2 is 1.45 bits per heavy atom. The van der Waals surface area contributed by atoms with Crippen LogP contribution >= 0.6 is 0 Å². The van der Waals surface area contributed by atoms with Crippen LogP contribution in [0.25, 0.3) is 11.1 Å². The van der Waals surface area contributed by atoms with Crippen LogP contribution in [0.5, 0.6) is 5.75 Å². The maximum Gasteiger partial charge on any atom is 0.126 e. The summed E-state index contributed by atoms with van der Waals surface area (Å²) in [6.45, 7) is 9.47. The Bertz CT molecular complexity index is 695. The topological polar surface area (TPSA) is 9.23 Å². The molecule has 0 N–H and O–H groups in total. The van der Waals surface area contributed by atoms with Gasteiger partial charge in [-0.15, -0.1) is 0 Å². The third-order valence-corrected chi connectivity index (χ3v) is 5.27. The number of fused-ring (bicyclic) bond motifs is 1. The van der Waals surface area contributed by atoms with Crippen LogP contribution < -0.4 is 4.74 Å². The first-order valence-corrected chi connectivity index (χ1v) is 8.13. The number of ether oxygens (including phenoxy) is 1. The Kier molecular flexibility index (Phi) is 3.55. The lowest BCUT2D eigenvalue weighted by Gasteiger charge is -2.42. The van der Waals surface area contributed by atoms with Gasteiger partial charge in [0.05, 0.1) is 7.11 Å². The van der Waals surface area contributed by atoms with E-state index < -0.39 is 0 Å². The van der Waals surface area contributed by atoms with Crippen molar-refractivity contribution in [2.45, 2.75) is 51.4 Å². The third-order valence-electron chi connectivity index (χ3n) is 5.27. The van der Waals surface area contributed by atoms with E-state index in [4.69, 9.17) is 4.74 Å². The molecule has 0 amide bonds. The molecular formula is C21H26O. The van der Waals surface area contributed by atoms with Gasteiger partial charge in [-0.2, -0.15) is 0 Å². The zero-order valence-electron chi connectivity index (χ0n) is 14.4. The van der Waals surface area contributed by atoms with Gasteiger partial charge in [0.15, 0.2) is 0 Å². The fourth-order valence-electron chi connectivity index (χ4n) is 3.64. The third kappa shape index (κ3) is 2.43. The van der Waals surface area contributed by atoms with E-state index in [-0.39, 0.29) is 10.8 Å². The summed E-state index contributed by atoms with van der Waals surface area (Å²) in [6.07, 6.45) is 2.49. The van der Waals surface area contributed by atoms with Gasteiger partial charge >= 0.3 is 0 Å². The van der Waals surface area contributed by atoms with Gasteiger partial charge in [-0.25, -0.2) is 0 Å². The van der Waals surface area contributed by atoms with Crippen molar-refractivity contribution in [1.29, 1.82) is 0 Å². The van der Waals surface area contributed by atoms with Gasteiger partial charge in [-0.05, 0) is 46.4 Å². The zero-order chi connectivity index (χ0) is 16.0. The molecule has 116 valence electrons. The Morgan fingerprint density at radius 3 is 2.14 bits per heavy atom. The summed E-state index contributed by atoms with van der Waals surface area (Å²) in [7, 11) is 1.74. The van der Waals surface area contributed by atoms with Gasteiger partial charge in [-0.3, -0.25) is 0 Å². The van der Waals surface area contributed by atoms with Crippen LogP contribution in [-0.4, -0.2) is 7.11 Å². The molecule has 0 radical (unpaired) electrons. The minimum absolute atomic E-state index is 0.239. The van der Waals surface area contributed by atoms with Gasteiger partial charge in [0.1, 0.15) is 5.75 Å². The van der Waals surface area contributed by atoms with Crippen molar-refractivity contribution in [3.05, 3.63) is 53.6 Å². The monoisotopic (exact) mass is 294 g/mol. The van der Waals surface area contributed by atoms with E-state index in [0.717, 1.165) is 5.75 Å². The molecule has 0 saturated heterocycles. The van der Waals surface area contributed by atoms with Crippen LogP contribution in [0.1, 0.15) is 51.7 Å². The highest BCUT2D eigenvalue weighted by Gasteiger charge is 2.37. The van der Waals surface area contributed by atoms with Crippen molar-refractivity contribution in [3.8, 4) is 16.9 Å². The number of hydrogen-bond acceptors (Lipinski definition) is 1. The average molecular weight is 294 g/mol. The lowest BCUT2D eigenvalue weighted by Crippen LogP contribution is -2.33. The predicted octanol–water partition coefficient (Wildman–Crippen LogP) is 5.71. The predicted molar refractivity (Wildman–Crippen MR) is 93.7 cm³/mol. The van der Waals surface area contributed by atoms with Crippen molar-refractivity contribution < 1.29 is 4.74 Å². The molecule has 1 nitrogen and oxygen atoms in total. The minimum Gasteiger partial charge on any atom is -0.496 e. The quantitative estimate of drug-likeness (QED) is 0.689. The highest BCUT2D eigenvalue weighted by molar-refractivity contribution is 5.72. The van der Waals surface area contributed by atoms with Gasteiger partial charge in [0.25, 0.3) is 0 Å². The Balaban J connectivity index is 2.18. The van der Waals surface area contributed by atoms with Gasteiger partial charge < -0.3 is 4.74 Å². The molecule has 0 aliphatic heterocycles. The largest absolute Gasteiger partial charge is 0.496 e. The molecule has 0 unspecified atom stereocenters. The summed E-state index contributed by atoms with van der Waals surface area (Å²) >= 11 is 0. The smallest absolute Gasteiger partial charge is 0.126 e. The molecule has 1 aliphatic carbocycles. The zero-order valence-corrected chi connectivity index (χ0v) is 14.4. The molecule has 0 bridgehead atoms. The lowest BCUT2D eigenvalue weighted by atomic mass is 9.63. The fraction of sp³-hybridized carbons (Fsp3) is 0.429. The van der Waals surface area contributed by atoms with Crippen molar-refractivity contribution in [2.75, 3.05) is 7.11 Å². The van der Waals surface area contributed by atoms with Crippen LogP contribution in [0.15, 0.2) is 42.5 Å². The van der Waals surface area contributed by atoms with Gasteiger partial charge in [0.2, 0.25) is 0 Å². The number of para-hydroxylation sites is 1. The summed E-state index contributed by atoms with van der Waals surface area (Å²) in [6, 6.07) is 15.2. The minimum atomic E-state index is 0.239. The Hall–Kier alpha value is -1.76. The SMILES string of the molecule is COc1ccccc1-c1ccc2c(c1)C(C)(C)CCC2(C)C. The molecule has 3 rings (SSSR count). The Labute approximate surface area is 134 Å². The van der Waals surface area contributed by atoms with Crippen molar-refractivity contribution >= 4 is 0 Å². The maximum atomic E-state index is 5.54. The van der Waals surface area contributed by atoms with Crippen LogP contribution in [0.4, 0.5) is 0 Å². The maximum absolute atomic E-state index is 5.54. The van der Waals surface area contributed by atoms with E-state index in [0.29, 0.717) is 0 Å². The molecule has 0 saturated carbocycles. The number of hydrogen-bond donors (Lipinski definition) is 0.